The Morgan fingerprint density at radius 3 is 2.52 bits per heavy atom. The van der Waals surface area contributed by atoms with Crippen molar-refractivity contribution in [1.29, 1.82) is 0 Å². The van der Waals surface area contributed by atoms with Crippen molar-refractivity contribution in [3.63, 3.8) is 0 Å². The van der Waals surface area contributed by atoms with Gasteiger partial charge in [0.15, 0.2) is 0 Å². The second-order valence-corrected chi connectivity index (χ2v) is 7.18. The Labute approximate surface area is 157 Å². The Morgan fingerprint density at radius 2 is 1.84 bits per heavy atom. The van der Waals surface area contributed by atoms with Crippen molar-refractivity contribution in [3.05, 3.63) is 71.3 Å². The van der Waals surface area contributed by atoms with E-state index in [-0.39, 0.29) is 12.4 Å². The monoisotopic (exact) mass is 357 g/mol. The topological polar surface area (TPSA) is 23.5 Å². The van der Waals surface area contributed by atoms with E-state index in [1.165, 1.54) is 29.5 Å². The lowest BCUT2D eigenvalue weighted by Crippen LogP contribution is -2.29. The maximum absolute atomic E-state index is 9.89. The lowest BCUT2D eigenvalue weighted by atomic mass is 9.73. The van der Waals surface area contributed by atoms with Crippen LogP contribution in [-0.4, -0.2) is 30.6 Å². The van der Waals surface area contributed by atoms with Gasteiger partial charge in [-0.25, -0.2) is 0 Å². The number of nitrogens with zero attached hydrogens (tertiary/aromatic N) is 1. The smallest absolute Gasteiger partial charge is 0.115 e. The van der Waals surface area contributed by atoms with E-state index in [0.717, 1.165) is 13.0 Å². The molecule has 2 nitrogen and oxygen atoms in total. The first-order valence-corrected chi connectivity index (χ1v) is 8.80. The Bertz CT molecular complexity index is 696. The molecular weight excluding hydrogens is 330 g/mol. The minimum absolute atomic E-state index is 0. The van der Waals surface area contributed by atoms with Gasteiger partial charge in [0.05, 0.1) is 0 Å². The maximum atomic E-state index is 9.89. The first-order chi connectivity index (χ1) is 11.6. The van der Waals surface area contributed by atoms with Gasteiger partial charge in [-0.3, -0.25) is 0 Å². The molecule has 0 aliphatic heterocycles. The zero-order chi connectivity index (χ0) is 16.9. The highest BCUT2D eigenvalue weighted by Gasteiger charge is 2.29. The summed E-state index contributed by atoms with van der Waals surface area (Å²) in [6, 6.07) is 18.4. The fourth-order valence-electron chi connectivity index (χ4n) is 3.87. The largest absolute Gasteiger partial charge is 0.508 e. The summed E-state index contributed by atoms with van der Waals surface area (Å²) in [5, 5.41) is 9.89. The van der Waals surface area contributed by atoms with E-state index in [2.05, 4.69) is 61.5 Å². The summed E-state index contributed by atoms with van der Waals surface area (Å²) in [6.45, 7) is 1.10. The van der Waals surface area contributed by atoms with E-state index in [4.69, 9.17) is 0 Å². The molecule has 2 aromatic rings. The Hall–Kier alpha value is -1.77. The molecule has 1 saturated carbocycles. The Kier molecular flexibility index (Phi) is 7.10. The molecule has 0 bridgehead atoms. The van der Waals surface area contributed by atoms with Crippen LogP contribution in [0.25, 0.3) is 6.08 Å². The number of benzene rings is 2. The van der Waals surface area contributed by atoms with E-state index in [1.54, 1.807) is 6.07 Å². The van der Waals surface area contributed by atoms with Crippen LogP contribution in [0.3, 0.4) is 0 Å². The molecule has 3 rings (SSSR count). The van der Waals surface area contributed by atoms with Crippen LogP contribution in [0.1, 0.15) is 36.3 Å². The van der Waals surface area contributed by atoms with Gasteiger partial charge >= 0.3 is 0 Å². The molecule has 2 atom stereocenters. The SMILES string of the molecule is CN(C)CC1CC/C(=C/c2ccccc2)CC1c1cccc(O)c1.Cl. The summed E-state index contributed by atoms with van der Waals surface area (Å²) in [5.41, 5.74) is 4.07. The summed E-state index contributed by atoms with van der Waals surface area (Å²) >= 11 is 0. The van der Waals surface area contributed by atoms with E-state index < -0.39 is 0 Å². The minimum Gasteiger partial charge on any atom is -0.508 e. The summed E-state index contributed by atoms with van der Waals surface area (Å²) < 4.78 is 0. The molecule has 0 aromatic heterocycles. The standard InChI is InChI=1S/C22H27NO.ClH/c1-23(2)16-20-12-11-18(13-17-7-4-3-5-8-17)14-22(20)19-9-6-10-21(24)15-19;/h3-10,13,15,20,22,24H,11-12,14,16H2,1-2H3;1H/b18-13-;. The third kappa shape index (κ3) is 5.35. The van der Waals surface area contributed by atoms with Gasteiger partial charge in [-0.1, -0.05) is 54.1 Å². The fourth-order valence-corrected chi connectivity index (χ4v) is 3.87. The average molecular weight is 358 g/mol. The quantitative estimate of drug-likeness (QED) is 0.798. The summed E-state index contributed by atoms with van der Waals surface area (Å²) in [5.74, 6) is 1.48. The van der Waals surface area contributed by atoms with Gasteiger partial charge in [-0.15, -0.1) is 12.4 Å². The predicted octanol–water partition coefficient (Wildman–Crippen LogP) is 5.34. The van der Waals surface area contributed by atoms with Gasteiger partial charge in [0.25, 0.3) is 0 Å². The molecule has 1 aliphatic carbocycles. The zero-order valence-electron chi connectivity index (χ0n) is 15.1. The van der Waals surface area contributed by atoms with E-state index >= 15 is 0 Å². The molecular formula is C22H28ClNO. The van der Waals surface area contributed by atoms with Crippen LogP contribution in [0.4, 0.5) is 0 Å². The Balaban J connectivity index is 0.00000225. The lowest BCUT2D eigenvalue weighted by molar-refractivity contribution is 0.256. The van der Waals surface area contributed by atoms with Gasteiger partial charge < -0.3 is 10.0 Å². The van der Waals surface area contributed by atoms with Crippen LogP contribution in [0.2, 0.25) is 0 Å². The highest BCUT2D eigenvalue weighted by atomic mass is 35.5. The van der Waals surface area contributed by atoms with Gasteiger partial charge in [-0.2, -0.15) is 0 Å². The molecule has 0 radical (unpaired) electrons. The molecule has 0 spiro atoms. The van der Waals surface area contributed by atoms with Crippen molar-refractivity contribution in [2.24, 2.45) is 5.92 Å². The Morgan fingerprint density at radius 1 is 1.08 bits per heavy atom. The molecule has 0 amide bonds. The fraction of sp³-hybridized carbons (Fsp3) is 0.364. The van der Waals surface area contributed by atoms with Crippen LogP contribution in [0.15, 0.2) is 60.2 Å². The summed E-state index contributed by atoms with van der Waals surface area (Å²) in [6.07, 6.45) is 5.80. The molecule has 1 fully saturated rings. The molecule has 0 saturated heterocycles. The minimum atomic E-state index is 0. The van der Waals surface area contributed by atoms with Gasteiger partial charge in [-0.05, 0) is 68.5 Å². The number of hydrogen-bond donors (Lipinski definition) is 1. The molecule has 0 heterocycles. The normalized spacial score (nSPS) is 22.0. The van der Waals surface area contributed by atoms with Crippen molar-refractivity contribution in [2.45, 2.75) is 25.2 Å². The molecule has 1 N–H and O–H groups in total. The van der Waals surface area contributed by atoms with Crippen molar-refractivity contribution >= 4 is 18.5 Å². The van der Waals surface area contributed by atoms with Crippen LogP contribution >= 0.6 is 12.4 Å². The van der Waals surface area contributed by atoms with Crippen LogP contribution in [0, 0.1) is 5.92 Å². The number of aromatic hydroxyl groups is 1. The summed E-state index contributed by atoms with van der Waals surface area (Å²) in [4.78, 5) is 2.28. The molecule has 25 heavy (non-hydrogen) atoms. The average Bonchev–Trinajstić information content (AvgIpc) is 2.57. The van der Waals surface area contributed by atoms with Crippen molar-refractivity contribution in [1.82, 2.24) is 4.90 Å². The number of halogens is 1. The number of hydrogen-bond acceptors (Lipinski definition) is 2. The maximum Gasteiger partial charge on any atom is 0.115 e. The van der Waals surface area contributed by atoms with Crippen molar-refractivity contribution < 1.29 is 5.11 Å². The molecule has 1 aliphatic rings. The number of rotatable bonds is 4. The molecule has 3 heteroatoms. The molecule has 2 unspecified atom stereocenters. The van der Waals surface area contributed by atoms with Crippen molar-refractivity contribution in [3.8, 4) is 5.75 Å². The van der Waals surface area contributed by atoms with E-state index in [1.807, 2.05) is 12.1 Å². The first kappa shape index (κ1) is 19.6. The first-order valence-electron chi connectivity index (χ1n) is 8.80. The number of phenols is 1. The lowest BCUT2D eigenvalue weighted by Gasteiger charge is -2.35. The zero-order valence-corrected chi connectivity index (χ0v) is 15.9. The van der Waals surface area contributed by atoms with Gasteiger partial charge in [0.1, 0.15) is 5.75 Å². The van der Waals surface area contributed by atoms with E-state index in [9.17, 15) is 5.11 Å². The highest BCUT2D eigenvalue weighted by molar-refractivity contribution is 5.85. The third-order valence-electron chi connectivity index (χ3n) is 4.96. The van der Waals surface area contributed by atoms with Gasteiger partial charge in [0.2, 0.25) is 0 Å². The second-order valence-electron chi connectivity index (χ2n) is 7.18. The highest BCUT2D eigenvalue weighted by Crippen LogP contribution is 2.41. The second kappa shape index (κ2) is 9.07. The molecule has 2 aromatic carbocycles. The van der Waals surface area contributed by atoms with Gasteiger partial charge in [0, 0.05) is 6.54 Å². The van der Waals surface area contributed by atoms with Crippen LogP contribution < -0.4 is 0 Å². The number of allylic oxidation sites excluding steroid dienone is 1. The number of phenolic OH excluding ortho intramolecular Hbond substituents is 1. The van der Waals surface area contributed by atoms with Crippen LogP contribution in [0.5, 0.6) is 5.75 Å². The molecule has 134 valence electrons. The van der Waals surface area contributed by atoms with Crippen LogP contribution in [-0.2, 0) is 0 Å². The van der Waals surface area contributed by atoms with E-state index in [0.29, 0.717) is 17.6 Å². The summed E-state index contributed by atoms with van der Waals surface area (Å²) in [7, 11) is 4.30. The third-order valence-corrected chi connectivity index (χ3v) is 4.96. The predicted molar refractivity (Wildman–Crippen MR) is 108 cm³/mol. The van der Waals surface area contributed by atoms with Crippen molar-refractivity contribution in [2.75, 3.05) is 20.6 Å².